The zero-order valence-corrected chi connectivity index (χ0v) is 13.2. The van der Waals surface area contributed by atoms with Crippen LogP contribution in [-0.2, 0) is 0 Å². The van der Waals surface area contributed by atoms with Crippen molar-refractivity contribution in [1.82, 2.24) is 0 Å². The Morgan fingerprint density at radius 1 is 1.10 bits per heavy atom. The lowest BCUT2D eigenvalue weighted by Gasteiger charge is -2.10. The third-order valence-corrected chi connectivity index (χ3v) is 3.88. The van der Waals surface area contributed by atoms with Crippen molar-refractivity contribution in [3.05, 3.63) is 57.6 Å². The third kappa shape index (κ3) is 3.20. The predicted octanol–water partition coefficient (Wildman–Crippen LogP) is 4.33. The molecule has 0 saturated carbocycles. The SMILES string of the molecule is COc1ccc(Br)c(NC(=O)c2ccc(C)c(C)c2)c1. The highest BCUT2D eigenvalue weighted by Crippen LogP contribution is 2.27. The van der Waals surface area contributed by atoms with Crippen molar-refractivity contribution in [3.63, 3.8) is 0 Å². The second-order valence-corrected chi connectivity index (χ2v) is 5.45. The molecule has 0 aliphatic rings. The van der Waals surface area contributed by atoms with Crippen LogP contribution in [-0.4, -0.2) is 13.0 Å². The molecule has 0 radical (unpaired) electrons. The summed E-state index contributed by atoms with van der Waals surface area (Å²) in [5, 5.41) is 2.88. The number of ether oxygens (including phenoxy) is 1. The Bertz CT molecular complexity index is 653. The number of halogens is 1. The minimum atomic E-state index is -0.137. The van der Waals surface area contributed by atoms with E-state index in [4.69, 9.17) is 4.74 Å². The van der Waals surface area contributed by atoms with Crippen LogP contribution in [0.25, 0.3) is 0 Å². The van der Waals surface area contributed by atoms with Crippen LogP contribution in [0.15, 0.2) is 40.9 Å². The average Bonchev–Trinajstić information content (AvgIpc) is 2.44. The Kier molecular flexibility index (Phi) is 4.45. The van der Waals surface area contributed by atoms with Gasteiger partial charge in [0.1, 0.15) is 5.75 Å². The summed E-state index contributed by atoms with van der Waals surface area (Å²) >= 11 is 3.42. The van der Waals surface area contributed by atoms with Gasteiger partial charge in [-0.2, -0.15) is 0 Å². The van der Waals surface area contributed by atoms with Crippen molar-refractivity contribution >= 4 is 27.5 Å². The smallest absolute Gasteiger partial charge is 0.255 e. The summed E-state index contributed by atoms with van der Waals surface area (Å²) in [5.74, 6) is 0.561. The molecule has 0 aliphatic carbocycles. The van der Waals surface area contributed by atoms with Crippen molar-refractivity contribution in [2.24, 2.45) is 0 Å². The first-order chi connectivity index (χ1) is 9.51. The van der Waals surface area contributed by atoms with E-state index in [1.165, 1.54) is 5.56 Å². The van der Waals surface area contributed by atoms with Crippen LogP contribution >= 0.6 is 15.9 Å². The topological polar surface area (TPSA) is 38.3 Å². The van der Waals surface area contributed by atoms with Crippen LogP contribution in [0.1, 0.15) is 21.5 Å². The molecule has 0 saturated heterocycles. The highest BCUT2D eigenvalue weighted by atomic mass is 79.9. The summed E-state index contributed by atoms with van der Waals surface area (Å²) in [6, 6.07) is 11.1. The van der Waals surface area contributed by atoms with E-state index in [0.717, 1.165) is 10.0 Å². The van der Waals surface area contributed by atoms with Crippen molar-refractivity contribution in [2.45, 2.75) is 13.8 Å². The Labute approximate surface area is 127 Å². The van der Waals surface area contributed by atoms with E-state index >= 15 is 0 Å². The third-order valence-electron chi connectivity index (χ3n) is 3.19. The molecule has 0 unspecified atom stereocenters. The maximum Gasteiger partial charge on any atom is 0.255 e. The first-order valence-corrected chi connectivity index (χ1v) is 7.02. The molecular weight excluding hydrogens is 318 g/mol. The van der Waals surface area contributed by atoms with Crippen molar-refractivity contribution in [2.75, 3.05) is 12.4 Å². The lowest BCUT2D eigenvalue weighted by atomic mass is 10.1. The number of methoxy groups -OCH3 is 1. The van der Waals surface area contributed by atoms with Gasteiger partial charge in [0.2, 0.25) is 0 Å². The molecule has 4 heteroatoms. The summed E-state index contributed by atoms with van der Waals surface area (Å²) in [6.07, 6.45) is 0. The molecule has 2 rings (SSSR count). The second-order valence-electron chi connectivity index (χ2n) is 4.60. The molecule has 2 aromatic carbocycles. The maximum absolute atomic E-state index is 12.3. The molecule has 0 atom stereocenters. The van der Waals surface area contributed by atoms with Gasteiger partial charge in [-0.15, -0.1) is 0 Å². The van der Waals surface area contributed by atoms with E-state index in [-0.39, 0.29) is 5.91 Å². The van der Waals surface area contributed by atoms with E-state index in [1.54, 1.807) is 13.2 Å². The summed E-state index contributed by atoms with van der Waals surface area (Å²) in [7, 11) is 1.60. The largest absolute Gasteiger partial charge is 0.497 e. The van der Waals surface area contributed by atoms with Crippen molar-refractivity contribution < 1.29 is 9.53 Å². The first-order valence-electron chi connectivity index (χ1n) is 6.23. The number of anilines is 1. The van der Waals surface area contributed by atoms with E-state index in [2.05, 4.69) is 21.2 Å². The van der Waals surface area contributed by atoms with Crippen LogP contribution in [0.5, 0.6) is 5.75 Å². The zero-order chi connectivity index (χ0) is 14.7. The molecule has 0 spiro atoms. The second kappa shape index (κ2) is 6.09. The predicted molar refractivity (Wildman–Crippen MR) is 84.6 cm³/mol. The van der Waals surface area contributed by atoms with Gasteiger partial charge in [-0.25, -0.2) is 0 Å². The van der Waals surface area contributed by atoms with Gasteiger partial charge in [0.05, 0.1) is 12.8 Å². The number of rotatable bonds is 3. The highest BCUT2D eigenvalue weighted by molar-refractivity contribution is 9.10. The molecule has 2 aromatic rings. The fourth-order valence-corrected chi connectivity index (χ4v) is 2.15. The standard InChI is InChI=1S/C16H16BrNO2/c1-10-4-5-12(8-11(10)2)16(19)18-15-9-13(20-3)6-7-14(15)17/h4-9H,1-3H3,(H,18,19). The molecule has 0 aromatic heterocycles. The average molecular weight is 334 g/mol. The minimum absolute atomic E-state index is 0.137. The number of carbonyl (C=O) groups excluding carboxylic acids is 1. The maximum atomic E-state index is 12.3. The fourth-order valence-electron chi connectivity index (χ4n) is 1.80. The Hall–Kier alpha value is -1.81. The number of hydrogen-bond acceptors (Lipinski definition) is 2. The van der Waals surface area contributed by atoms with Crippen molar-refractivity contribution in [3.8, 4) is 5.75 Å². The van der Waals surface area contributed by atoms with Crippen LogP contribution < -0.4 is 10.1 Å². The molecule has 0 fully saturated rings. The molecule has 20 heavy (non-hydrogen) atoms. The number of aryl methyl sites for hydroxylation is 2. The summed E-state index contributed by atoms with van der Waals surface area (Å²) in [6.45, 7) is 4.02. The first kappa shape index (κ1) is 14.6. The van der Waals surface area contributed by atoms with Crippen LogP contribution in [0.3, 0.4) is 0 Å². The monoisotopic (exact) mass is 333 g/mol. The van der Waals surface area contributed by atoms with Gasteiger partial charge < -0.3 is 10.1 Å². The molecule has 1 N–H and O–H groups in total. The zero-order valence-electron chi connectivity index (χ0n) is 11.7. The molecule has 0 heterocycles. The molecular formula is C16H16BrNO2. The Morgan fingerprint density at radius 3 is 2.50 bits per heavy atom. The van der Waals surface area contributed by atoms with E-state index < -0.39 is 0 Å². The Morgan fingerprint density at radius 2 is 1.85 bits per heavy atom. The molecule has 0 bridgehead atoms. The van der Waals surface area contributed by atoms with E-state index in [0.29, 0.717) is 17.0 Å². The Balaban J connectivity index is 2.25. The summed E-state index contributed by atoms with van der Waals surface area (Å²) in [4.78, 5) is 12.3. The fraction of sp³-hybridized carbons (Fsp3) is 0.188. The van der Waals surface area contributed by atoms with Gasteiger partial charge in [-0.3, -0.25) is 4.79 Å². The van der Waals surface area contributed by atoms with Gasteiger partial charge in [0, 0.05) is 16.1 Å². The van der Waals surface area contributed by atoms with Crippen LogP contribution in [0.2, 0.25) is 0 Å². The van der Waals surface area contributed by atoms with Gasteiger partial charge in [-0.05, 0) is 65.2 Å². The number of carbonyl (C=O) groups is 1. The number of benzene rings is 2. The summed E-state index contributed by atoms with van der Waals surface area (Å²) in [5.41, 5.74) is 3.60. The van der Waals surface area contributed by atoms with Gasteiger partial charge in [0.15, 0.2) is 0 Å². The van der Waals surface area contributed by atoms with Crippen LogP contribution in [0, 0.1) is 13.8 Å². The number of hydrogen-bond donors (Lipinski definition) is 1. The van der Waals surface area contributed by atoms with Gasteiger partial charge >= 0.3 is 0 Å². The lowest BCUT2D eigenvalue weighted by molar-refractivity contribution is 0.102. The minimum Gasteiger partial charge on any atom is -0.497 e. The molecule has 1 amide bonds. The normalized spacial score (nSPS) is 10.2. The van der Waals surface area contributed by atoms with Crippen LogP contribution in [0.4, 0.5) is 5.69 Å². The number of nitrogens with one attached hydrogen (secondary N) is 1. The molecule has 3 nitrogen and oxygen atoms in total. The van der Waals surface area contributed by atoms with Crippen molar-refractivity contribution in [1.29, 1.82) is 0 Å². The number of amides is 1. The van der Waals surface area contributed by atoms with E-state index in [1.807, 2.05) is 44.2 Å². The molecule has 0 aliphatic heterocycles. The van der Waals surface area contributed by atoms with Gasteiger partial charge in [0.25, 0.3) is 5.91 Å². The highest BCUT2D eigenvalue weighted by Gasteiger charge is 2.10. The van der Waals surface area contributed by atoms with Gasteiger partial charge in [-0.1, -0.05) is 6.07 Å². The quantitative estimate of drug-likeness (QED) is 0.907. The lowest BCUT2D eigenvalue weighted by Crippen LogP contribution is -2.12. The molecule has 104 valence electrons. The van der Waals surface area contributed by atoms with E-state index in [9.17, 15) is 4.79 Å². The summed E-state index contributed by atoms with van der Waals surface area (Å²) < 4.78 is 5.98.